The minimum absolute atomic E-state index is 0.122. The first kappa shape index (κ1) is 16.4. The van der Waals surface area contributed by atoms with Gasteiger partial charge in [0.1, 0.15) is 5.82 Å². The van der Waals surface area contributed by atoms with Crippen molar-refractivity contribution in [1.82, 2.24) is 4.98 Å². The van der Waals surface area contributed by atoms with Crippen molar-refractivity contribution >= 4 is 11.8 Å². The zero-order chi connectivity index (χ0) is 15.1. The van der Waals surface area contributed by atoms with Crippen LogP contribution in [0.15, 0.2) is 12.3 Å². The molecular formula is C14H22N2O4. The molecule has 1 aromatic heterocycles. The Morgan fingerprint density at radius 3 is 2.65 bits per heavy atom. The number of anilines is 1. The molecule has 1 atom stereocenters. The van der Waals surface area contributed by atoms with Crippen LogP contribution in [0.25, 0.3) is 0 Å². The Labute approximate surface area is 119 Å². The van der Waals surface area contributed by atoms with Crippen molar-refractivity contribution in [2.45, 2.75) is 19.9 Å². The van der Waals surface area contributed by atoms with E-state index >= 15 is 0 Å². The van der Waals surface area contributed by atoms with Crippen LogP contribution in [0, 0.1) is 6.92 Å². The van der Waals surface area contributed by atoms with E-state index in [1.54, 1.807) is 20.3 Å². The molecule has 1 aromatic rings. The molecule has 0 bridgehead atoms. The molecule has 0 fully saturated rings. The number of aromatic carboxylic acids is 1. The number of ether oxygens (including phenoxy) is 2. The summed E-state index contributed by atoms with van der Waals surface area (Å²) in [6.45, 7) is 5.68. The lowest BCUT2D eigenvalue weighted by molar-refractivity contribution is 0.0696. The Kier molecular flexibility index (Phi) is 6.41. The van der Waals surface area contributed by atoms with E-state index in [1.807, 2.05) is 13.8 Å². The standard InChI is InChI=1S/C14H22N2O4/c1-10-7-12(14(17)18)8-15-13(10)16(5-6-19-3)11(2)9-20-4/h7-8,11H,5-6,9H2,1-4H3,(H,17,18). The van der Waals surface area contributed by atoms with Gasteiger partial charge in [-0.05, 0) is 25.5 Å². The van der Waals surface area contributed by atoms with Crippen LogP contribution >= 0.6 is 0 Å². The molecule has 0 saturated heterocycles. The maximum absolute atomic E-state index is 10.9. The van der Waals surface area contributed by atoms with Crippen LogP contribution in [0.3, 0.4) is 0 Å². The van der Waals surface area contributed by atoms with Crippen LogP contribution in [0.1, 0.15) is 22.8 Å². The first-order chi connectivity index (χ1) is 9.51. The van der Waals surface area contributed by atoms with Gasteiger partial charge in [-0.2, -0.15) is 0 Å². The molecule has 6 nitrogen and oxygen atoms in total. The van der Waals surface area contributed by atoms with Crippen molar-refractivity contribution in [2.24, 2.45) is 0 Å². The molecule has 1 N–H and O–H groups in total. The molecule has 0 saturated carbocycles. The number of pyridine rings is 1. The monoisotopic (exact) mass is 282 g/mol. The fraction of sp³-hybridized carbons (Fsp3) is 0.571. The maximum Gasteiger partial charge on any atom is 0.337 e. The zero-order valence-electron chi connectivity index (χ0n) is 12.4. The third-order valence-electron chi connectivity index (χ3n) is 3.05. The molecule has 1 unspecified atom stereocenters. The van der Waals surface area contributed by atoms with Crippen molar-refractivity contribution in [3.63, 3.8) is 0 Å². The van der Waals surface area contributed by atoms with Crippen molar-refractivity contribution in [3.05, 3.63) is 23.4 Å². The van der Waals surface area contributed by atoms with Crippen LogP contribution < -0.4 is 4.90 Å². The van der Waals surface area contributed by atoms with Gasteiger partial charge in [0.25, 0.3) is 0 Å². The molecule has 20 heavy (non-hydrogen) atoms. The largest absolute Gasteiger partial charge is 0.478 e. The highest BCUT2D eigenvalue weighted by Crippen LogP contribution is 2.20. The average Bonchev–Trinajstić information content (AvgIpc) is 2.40. The van der Waals surface area contributed by atoms with Crippen LogP contribution in [0.4, 0.5) is 5.82 Å². The van der Waals surface area contributed by atoms with Crippen molar-refractivity contribution in [2.75, 3.05) is 38.9 Å². The van der Waals surface area contributed by atoms with Gasteiger partial charge in [0.15, 0.2) is 0 Å². The van der Waals surface area contributed by atoms with Gasteiger partial charge in [0.2, 0.25) is 0 Å². The van der Waals surface area contributed by atoms with Crippen molar-refractivity contribution in [1.29, 1.82) is 0 Å². The summed E-state index contributed by atoms with van der Waals surface area (Å²) in [4.78, 5) is 17.3. The summed E-state index contributed by atoms with van der Waals surface area (Å²) in [5.74, 6) is -0.211. The lowest BCUT2D eigenvalue weighted by atomic mass is 10.1. The minimum Gasteiger partial charge on any atom is -0.478 e. The minimum atomic E-state index is -0.972. The normalized spacial score (nSPS) is 12.2. The van der Waals surface area contributed by atoms with Gasteiger partial charge in [-0.15, -0.1) is 0 Å². The number of carboxylic acid groups (broad SMARTS) is 1. The second-order valence-corrected chi connectivity index (χ2v) is 4.66. The van der Waals surface area contributed by atoms with Crippen molar-refractivity contribution in [3.8, 4) is 0 Å². The molecule has 0 aliphatic rings. The topological polar surface area (TPSA) is 71.9 Å². The number of carboxylic acids is 1. The Hall–Kier alpha value is -1.66. The van der Waals surface area contributed by atoms with E-state index in [-0.39, 0.29) is 11.6 Å². The van der Waals surface area contributed by atoms with E-state index in [0.717, 1.165) is 11.4 Å². The van der Waals surface area contributed by atoms with E-state index in [9.17, 15) is 4.79 Å². The molecule has 1 heterocycles. The summed E-state index contributed by atoms with van der Waals surface area (Å²) in [6.07, 6.45) is 1.38. The number of aryl methyl sites for hydroxylation is 1. The summed E-state index contributed by atoms with van der Waals surface area (Å²) in [6, 6.07) is 1.75. The van der Waals surface area contributed by atoms with Gasteiger partial charge in [-0.3, -0.25) is 0 Å². The van der Waals surface area contributed by atoms with Crippen molar-refractivity contribution < 1.29 is 19.4 Å². The van der Waals surface area contributed by atoms with E-state index in [2.05, 4.69) is 9.88 Å². The average molecular weight is 282 g/mol. The molecule has 0 radical (unpaired) electrons. The zero-order valence-corrected chi connectivity index (χ0v) is 12.4. The number of rotatable bonds is 8. The Morgan fingerprint density at radius 1 is 1.45 bits per heavy atom. The fourth-order valence-electron chi connectivity index (χ4n) is 2.04. The molecule has 0 aliphatic carbocycles. The number of methoxy groups -OCH3 is 2. The summed E-state index contributed by atoms with van der Waals surface area (Å²) in [7, 11) is 3.30. The molecule has 0 aromatic carbocycles. The Bertz CT molecular complexity index is 451. The molecular weight excluding hydrogens is 260 g/mol. The quantitative estimate of drug-likeness (QED) is 0.780. The summed E-state index contributed by atoms with van der Waals surface area (Å²) < 4.78 is 10.3. The summed E-state index contributed by atoms with van der Waals surface area (Å²) in [5, 5.41) is 8.98. The lowest BCUT2D eigenvalue weighted by Gasteiger charge is -2.31. The second-order valence-electron chi connectivity index (χ2n) is 4.66. The highest BCUT2D eigenvalue weighted by molar-refractivity contribution is 5.87. The lowest BCUT2D eigenvalue weighted by Crippen LogP contribution is -2.39. The van der Waals surface area contributed by atoms with Gasteiger partial charge in [-0.25, -0.2) is 9.78 Å². The van der Waals surface area contributed by atoms with Gasteiger partial charge >= 0.3 is 5.97 Å². The summed E-state index contributed by atoms with van der Waals surface area (Å²) in [5.41, 5.74) is 1.02. The van der Waals surface area contributed by atoms with Crippen LogP contribution in [-0.4, -0.2) is 56.1 Å². The highest BCUT2D eigenvalue weighted by Gasteiger charge is 2.18. The SMILES string of the molecule is COCCN(c1ncc(C(=O)O)cc1C)C(C)COC. The smallest absolute Gasteiger partial charge is 0.337 e. The number of nitrogens with zero attached hydrogens (tertiary/aromatic N) is 2. The highest BCUT2D eigenvalue weighted by atomic mass is 16.5. The van der Waals surface area contributed by atoms with Gasteiger partial charge < -0.3 is 19.5 Å². The Balaban J connectivity index is 3.03. The fourth-order valence-corrected chi connectivity index (χ4v) is 2.04. The molecule has 0 amide bonds. The summed E-state index contributed by atoms with van der Waals surface area (Å²) >= 11 is 0. The van der Waals surface area contributed by atoms with E-state index in [1.165, 1.54) is 6.20 Å². The number of carbonyl (C=O) groups is 1. The Morgan fingerprint density at radius 2 is 2.15 bits per heavy atom. The van der Waals surface area contributed by atoms with Gasteiger partial charge in [0, 0.05) is 27.0 Å². The first-order valence-electron chi connectivity index (χ1n) is 6.45. The van der Waals surface area contributed by atoms with E-state index in [4.69, 9.17) is 14.6 Å². The van der Waals surface area contributed by atoms with Crippen LogP contribution in [0.2, 0.25) is 0 Å². The number of hydrogen-bond acceptors (Lipinski definition) is 5. The number of hydrogen-bond donors (Lipinski definition) is 1. The van der Waals surface area contributed by atoms with Gasteiger partial charge in [-0.1, -0.05) is 0 Å². The molecule has 112 valence electrons. The molecule has 1 rings (SSSR count). The predicted octanol–water partition coefficient (Wildman–Crippen LogP) is 1.58. The van der Waals surface area contributed by atoms with Crippen LogP contribution in [0.5, 0.6) is 0 Å². The van der Waals surface area contributed by atoms with E-state index < -0.39 is 5.97 Å². The maximum atomic E-state index is 10.9. The molecule has 0 spiro atoms. The number of aromatic nitrogens is 1. The third-order valence-corrected chi connectivity index (χ3v) is 3.05. The molecule has 0 aliphatic heterocycles. The van der Waals surface area contributed by atoms with E-state index in [0.29, 0.717) is 19.8 Å². The predicted molar refractivity (Wildman–Crippen MR) is 76.5 cm³/mol. The van der Waals surface area contributed by atoms with Crippen LogP contribution in [-0.2, 0) is 9.47 Å². The first-order valence-corrected chi connectivity index (χ1v) is 6.45. The van der Waals surface area contributed by atoms with Gasteiger partial charge in [0.05, 0.1) is 24.8 Å². The second kappa shape index (κ2) is 7.81. The molecule has 6 heteroatoms. The third kappa shape index (κ3) is 4.18.